The van der Waals surface area contributed by atoms with Gasteiger partial charge in [0.25, 0.3) is 0 Å². The number of hydrogen-bond donors (Lipinski definition) is 0. The van der Waals surface area contributed by atoms with Crippen molar-refractivity contribution in [1.82, 2.24) is 24.9 Å². The fourth-order valence-corrected chi connectivity index (χ4v) is 4.55. The molecular formula is C27H29N5O. The molecular weight excluding hydrogens is 410 g/mol. The molecule has 0 aliphatic carbocycles. The Morgan fingerprint density at radius 1 is 0.818 bits per heavy atom. The van der Waals surface area contributed by atoms with Crippen LogP contribution in [0.4, 0.5) is 0 Å². The zero-order valence-electron chi connectivity index (χ0n) is 18.8. The predicted octanol–water partition coefficient (Wildman–Crippen LogP) is 4.47. The highest BCUT2D eigenvalue weighted by Gasteiger charge is 2.26. The van der Waals surface area contributed by atoms with Gasteiger partial charge in [0.1, 0.15) is 0 Å². The molecule has 0 atom stereocenters. The van der Waals surface area contributed by atoms with E-state index in [9.17, 15) is 0 Å². The lowest BCUT2D eigenvalue weighted by Crippen LogP contribution is -2.48. The molecule has 4 aromatic rings. The third-order valence-electron chi connectivity index (χ3n) is 6.26. The van der Waals surface area contributed by atoms with Gasteiger partial charge in [-0.05, 0) is 36.2 Å². The number of piperazine rings is 1. The molecule has 2 aromatic carbocycles. The van der Waals surface area contributed by atoms with Crippen LogP contribution in [-0.2, 0) is 6.42 Å². The third kappa shape index (κ3) is 5.35. The Hall–Kier alpha value is -3.35. The molecule has 168 valence electrons. The Kier molecular flexibility index (Phi) is 6.85. The maximum atomic E-state index is 5.44. The fourth-order valence-electron chi connectivity index (χ4n) is 4.55. The van der Waals surface area contributed by atoms with E-state index < -0.39 is 0 Å². The lowest BCUT2D eigenvalue weighted by molar-refractivity contribution is 0.108. The number of pyridine rings is 1. The molecule has 1 saturated heterocycles. The molecule has 0 saturated carbocycles. The lowest BCUT2D eigenvalue weighted by Gasteiger charge is -2.39. The maximum Gasteiger partial charge on any atom is 0.227 e. The monoisotopic (exact) mass is 439 g/mol. The van der Waals surface area contributed by atoms with Gasteiger partial charge in [0.05, 0.1) is 6.04 Å². The normalized spacial score (nSPS) is 15.2. The van der Waals surface area contributed by atoms with Gasteiger partial charge >= 0.3 is 0 Å². The largest absolute Gasteiger partial charge is 0.339 e. The fraction of sp³-hybridized carbons (Fsp3) is 0.296. The molecule has 0 radical (unpaired) electrons. The molecule has 0 unspecified atom stereocenters. The van der Waals surface area contributed by atoms with Crippen molar-refractivity contribution >= 4 is 0 Å². The Balaban J connectivity index is 1.14. The van der Waals surface area contributed by atoms with E-state index in [1.54, 1.807) is 12.4 Å². The van der Waals surface area contributed by atoms with Gasteiger partial charge in [-0.2, -0.15) is 4.98 Å². The summed E-state index contributed by atoms with van der Waals surface area (Å²) in [5.41, 5.74) is 3.60. The molecule has 1 aliphatic rings. The number of benzene rings is 2. The van der Waals surface area contributed by atoms with Gasteiger partial charge in [0, 0.05) is 50.6 Å². The van der Waals surface area contributed by atoms with Crippen molar-refractivity contribution < 1.29 is 4.52 Å². The van der Waals surface area contributed by atoms with Crippen LogP contribution >= 0.6 is 0 Å². The Bertz CT molecular complexity index is 1070. The first-order valence-electron chi connectivity index (χ1n) is 11.7. The number of nitrogens with zero attached hydrogens (tertiary/aromatic N) is 5. The summed E-state index contributed by atoms with van der Waals surface area (Å²) in [6.45, 7) is 5.29. The second kappa shape index (κ2) is 10.5. The van der Waals surface area contributed by atoms with Gasteiger partial charge in [0.2, 0.25) is 11.7 Å². The van der Waals surface area contributed by atoms with Crippen LogP contribution in [0.25, 0.3) is 11.4 Å². The van der Waals surface area contributed by atoms with E-state index in [0.717, 1.165) is 51.1 Å². The van der Waals surface area contributed by atoms with Crippen molar-refractivity contribution in [3.8, 4) is 11.4 Å². The van der Waals surface area contributed by atoms with Crippen molar-refractivity contribution in [2.24, 2.45) is 0 Å². The molecule has 0 amide bonds. The van der Waals surface area contributed by atoms with Crippen LogP contribution in [0.5, 0.6) is 0 Å². The molecule has 1 aliphatic heterocycles. The molecule has 1 fully saturated rings. The zero-order chi connectivity index (χ0) is 22.3. The smallest absolute Gasteiger partial charge is 0.227 e. The minimum atomic E-state index is 0.304. The first-order chi connectivity index (χ1) is 16.4. The molecule has 33 heavy (non-hydrogen) atoms. The molecule has 6 heteroatoms. The van der Waals surface area contributed by atoms with E-state index in [1.165, 1.54) is 11.1 Å². The van der Waals surface area contributed by atoms with Crippen LogP contribution in [0.15, 0.2) is 89.7 Å². The summed E-state index contributed by atoms with van der Waals surface area (Å²) in [5, 5.41) is 4.09. The molecule has 0 bridgehead atoms. The summed E-state index contributed by atoms with van der Waals surface area (Å²) in [6.07, 6.45) is 5.30. The predicted molar refractivity (Wildman–Crippen MR) is 129 cm³/mol. The van der Waals surface area contributed by atoms with Gasteiger partial charge in [-0.15, -0.1) is 0 Å². The summed E-state index contributed by atoms with van der Waals surface area (Å²) >= 11 is 0. The lowest BCUT2D eigenvalue weighted by atomic mass is 9.96. The van der Waals surface area contributed by atoms with E-state index >= 15 is 0 Å². The van der Waals surface area contributed by atoms with Crippen molar-refractivity contribution in [2.75, 3.05) is 32.7 Å². The molecule has 2 aromatic heterocycles. The number of rotatable bonds is 8. The first kappa shape index (κ1) is 21.5. The van der Waals surface area contributed by atoms with E-state index in [4.69, 9.17) is 4.52 Å². The van der Waals surface area contributed by atoms with Crippen molar-refractivity contribution in [1.29, 1.82) is 0 Å². The van der Waals surface area contributed by atoms with Gasteiger partial charge in [-0.1, -0.05) is 65.8 Å². The van der Waals surface area contributed by atoms with Crippen molar-refractivity contribution in [2.45, 2.75) is 18.9 Å². The summed E-state index contributed by atoms with van der Waals surface area (Å²) in [4.78, 5) is 13.8. The highest BCUT2D eigenvalue weighted by molar-refractivity contribution is 5.51. The standard InChI is InChI=1S/C27H29N5O/c1-3-9-22(10-4-1)26(23-11-5-2-6-12-23)32-19-17-31(18-20-32)16-8-14-25-29-27(30-33-25)24-13-7-15-28-21-24/h1-7,9-13,15,21,26H,8,14,16-20H2. The van der Waals surface area contributed by atoms with E-state index in [0.29, 0.717) is 17.8 Å². The minimum absolute atomic E-state index is 0.304. The van der Waals surface area contributed by atoms with Crippen LogP contribution in [0.2, 0.25) is 0 Å². The maximum absolute atomic E-state index is 5.44. The third-order valence-corrected chi connectivity index (χ3v) is 6.26. The van der Waals surface area contributed by atoms with Crippen LogP contribution in [-0.4, -0.2) is 57.6 Å². The summed E-state index contributed by atoms with van der Waals surface area (Å²) < 4.78 is 5.44. The van der Waals surface area contributed by atoms with Crippen LogP contribution in [0.3, 0.4) is 0 Å². The second-order valence-electron chi connectivity index (χ2n) is 8.46. The van der Waals surface area contributed by atoms with Crippen LogP contribution < -0.4 is 0 Å². The summed E-state index contributed by atoms with van der Waals surface area (Å²) in [7, 11) is 0. The molecule has 0 spiro atoms. The molecule has 3 heterocycles. The number of aromatic nitrogens is 3. The average molecular weight is 440 g/mol. The number of aryl methyl sites for hydroxylation is 1. The summed E-state index contributed by atoms with van der Waals surface area (Å²) in [5.74, 6) is 1.31. The van der Waals surface area contributed by atoms with Crippen LogP contribution in [0, 0.1) is 0 Å². The zero-order valence-corrected chi connectivity index (χ0v) is 18.8. The first-order valence-corrected chi connectivity index (χ1v) is 11.7. The Labute approximate surface area is 194 Å². The Morgan fingerprint density at radius 2 is 1.52 bits per heavy atom. The highest BCUT2D eigenvalue weighted by atomic mass is 16.5. The second-order valence-corrected chi connectivity index (χ2v) is 8.46. The number of hydrogen-bond acceptors (Lipinski definition) is 6. The van der Waals surface area contributed by atoms with Gasteiger partial charge in [-0.25, -0.2) is 0 Å². The van der Waals surface area contributed by atoms with Crippen molar-refractivity contribution in [3.05, 3.63) is 102 Å². The van der Waals surface area contributed by atoms with Gasteiger partial charge < -0.3 is 9.42 Å². The van der Waals surface area contributed by atoms with E-state index in [1.807, 2.05) is 12.1 Å². The van der Waals surface area contributed by atoms with E-state index in [-0.39, 0.29) is 0 Å². The van der Waals surface area contributed by atoms with Crippen LogP contribution in [0.1, 0.15) is 29.5 Å². The summed E-state index contributed by atoms with van der Waals surface area (Å²) in [6, 6.07) is 25.8. The quantitative estimate of drug-likeness (QED) is 0.404. The molecule has 6 nitrogen and oxygen atoms in total. The van der Waals surface area contributed by atoms with Gasteiger partial charge in [-0.3, -0.25) is 9.88 Å². The Morgan fingerprint density at radius 3 is 2.15 bits per heavy atom. The minimum Gasteiger partial charge on any atom is -0.339 e. The topological polar surface area (TPSA) is 58.3 Å². The highest BCUT2D eigenvalue weighted by Crippen LogP contribution is 2.29. The van der Waals surface area contributed by atoms with Crippen molar-refractivity contribution in [3.63, 3.8) is 0 Å². The molecule has 0 N–H and O–H groups in total. The molecule has 5 rings (SSSR count). The average Bonchev–Trinajstić information content (AvgIpc) is 3.36. The SMILES string of the molecule is c1ccc(C(c2ccccc2)N2CCN(CCCc3nc(-c4cccnc4)no3)CC2)cc1. The van der Waals surface area contributed by atoms with E-state index in [2.05, 4.69) is 85.6 Å². The van der Waals surface area contributed by atoms with Gasteiger partial charge in [0.15, 0.2) is 0 Å².